The number of hydrogen-bond acceptors (Lipinski definition) is 3. The fraction of sp³-hybridized carbons (Fsp3) is 0.929. The van der Waals surface area contributed by atoms with E-state index < -0.39 is 5.60 Å². The Morgan fingerprint density at radius 3 is 2.28 bits per heavy atom. The van der Waals surface area contributed by atoms with Crippen LogP contribution in [-0.4, -0.2) is 36.7 Å². The minimum atomic E-state index is -0.437. The van der Waals surface area contributed by atoms with Gasteiger partial charge in [-0.15, -0.1) is 0 Å². The van der Waals surface area contributed by atoms with Crippen molar-refractivity contribution < 1.29 is 9.53 Å². The van der Waals surface area contributed by atoms with Crippen molar-refractivity contribution in [1.82, 2.24) is 4.90 Å². The Hall–Kier alpha value is -0.770. The van der Waals surface area contributed by atoms with Gasteiger partial charge in [-0.1, -0.05) is 19.3 Å². The predicted octanol–water partition coefficient (Wildman–Crippen LogP) is 2.76. The van der Waals surface area contributed by atoms with E-state index in [1.165, 1.54) is 19.3 Å². The average Bonchev–Trinajstić information content (AvgIpc) is 2.28. The molecule has 18 heavy (non-hydrogen) atoms. The zero-order valence-electron chi connectivity index (χ0n) is 12.3. The van der Waals surface area contributed by atoms with E-state index in [-0.39, 0.29) is 11.5 Å². The van der Waals surface area contributed by atoms with Crippen LogP contribution in [0.15, 0.2) is 0 Å². The number of carbonyl (C=O) groups is 1. The van der Waals surface area contributed by atoms with Crippen molar-refractivity contribution in [1.29, 1.82) is 0 Å². The molecule has 1 aliphatic rings. The highest BCUT2D eigenvalue weighted by Gasteiger charge is 2.34. The van der Waals surface area contributed by atoms with Crippen LogP contribution in [0.4, 0.5) is 4.79 Å². The summed E-state index contributed by atoms with van der Waals surface area (Å²) in [5.74, 6) is 0. The number of hydrogen-bond donors (Lipinski definition) is 1. The van der Waals surface area contributed by atoms with Gasteiger partial charge < -0.3 is 15.4 Å². The first kappa shape index (κ1) is 15.3. The first-order valence-corrected chi connectivity index (χ1v) is 6.92. The number of rotatable bonds is 3. The molecule has 0 bridgehead atoms. The third-order valence-electron chi connectivity index (χ3n) is 3.62. The van der Waals surface area contributed by atoms with Crippen LogP contribution in [0.5, 0.6) is 0 Å². The molecule has 1 saturated carbocycles. The van der Waals surface area contributed by atoms with Gasteiger partial charge in [-0.3, -0.25) is 0 Å². The topological polar surface area (TPSA) is 55.6 Å². The highest BCUT2D eigenvalue weighted by molar-refractivity contribution is 5.67. The Bertz CT molecular complexity index is 278. The molecular formula is C14H28N2O2. The van der Waals surface area contributed by atoms with Crippen LogP contribution in [0.1, 0.15) is 52.9 Å². The Kier molecular flexibility index (Phi) is 5.02. The lowest BCUT2D eigenvalue weighted by Gasteiger charge is -2.39. The van der Waals surface area contributed by atoms with E-state index >= 15 is 0 Å². The van der Waals surface area contributed by atoms with E-state index in [1.807, 2.05) is 20.8 Å². The number of ether oxygens (including phenoxy) is 1. The van der Waals surface area contributed by atoms with Gasteiger partial charge in [0.25, 0.3) is 0 Å². The molecule has 0 unspecified atom stereocenters. The van der Waals surface area contributed by atoms with E-state index in [4.69, 9.17) is 10.5 Å². The van der Waals surface area contributed by atoms with Gasteiger partial charge in [-0.2, -0.15) is 0 Å². The van der Waals surface area contributed by atoms with Crippen molar-refractivity contribution in [2.45, 2.75) is 58.5 Å². The van der Waals surface area contributed by atoms with Crippen molar-refractivity contribution in [3.63, 3.8) is 0 Å². The molecule has 4 nitrogen and oxygen atoms in total. The standard InChI is InChI=1S/C14H28N2O2/c1-13(2,3)18-12(17)16(4)11-14(10-15)8-6-5-7-9-14/h5-11,15H2,1-4H3. The van der Waals surface area contributed by atoms with Crippen molar-refractivity contribution in [3.05, 3.63) is 0 Å². The molecule has 0 atom stereocenters. The molecule has 2 N–H and O–H groups in total. The van der Waals surface area contributed by atoms with Gasteiger partial charge >= 0.3 is 6.09 Å². The van der Waals surface area contributed by atoms with Crippen LogP contribution < -0.4 is 5.73 Å². The monoisotopic (exact) mass is 256 g/mol. The third kappa shape index (κ3) is 4.48. The molecule has 1 fully saturated rings. The molecule has 0 heterocycles. The van der Waals surface area contributed by atoms with Crippen LogP contribution in [0.25, 0.3) is 0 Å². The second-order valence-corrected chi connectivity index (χ2v) is 6.60. The molecule has 4 heteroatoms. The summed E-state index contributed by atoms with van der Waals surface area (Å²) in [4.78, 5) is 13.6. The van der Waals surface area contributed by atoms with Gasteiger partial charge in [0.1, 0.15) is 5.60 Å². The maximum atomic E-state index is 12.0. The number of carbonyl (C=O) groups excluding carboxylic acids is 1. The summed E-state index contributed by atoms with van der Waals surface area (Å²) in [7, 11) is 1.81. The summed E-state index contributed by atoms with van der Waals surface area (Å²) in [5.41, 5.74) is 5.60. The van der Waals surface area contributed by atoms with Gasteiger partial charge in [0.2, 0.25) is 0 Å². The maximum absolute atomic E-state index is 12.0. The van der Waals surface area contributed by atoms with E-state index in [9.17, 15) is 4.79 Å². The fourth-order valence-corrected chi connectivity index (χ4v) is 2.64. The zero-order valence-corrected chi connectivity index (χ0v) is 12.3. The van der Waals surface area contributed by atoms with Crippen molar-refractivity contribution in [3.8, 4) is 0 Å². The predicted molar refractivity (Wildman–Crippen MR) is 73.4 cm³/mol. The van der Waals surface area contributed by atoms with Gasteiger partial charge in [0.15, 0.2) is 0 Å². The molecule has 0 aromatic heterocycles. The van der Waals surface area contributed by atoms with Gasteiger partial charge in [-0.05, 0) is 40.2 Å². The molecule has 0 spiro atoms. The Balaban J connectivity index is 2.56. The summed E-state index contributed by atoms with van der Waals surface area (Å²) < 4.78 is 5.38. The summed E-state index contributed by atoms with van der Waals surface area (Å²) in [5, 5.41) is 0. The molecule has 0 saturated heterocycles. The summed E-state index contributed by atoms with van der Waals surface area (Å²) >= 11 is 0. The van der Waals surface area contributed by atoms with Crippen LogP contribution >= 0.6 is 0 Å². The molecule has 106 valence electrons. The van der Waals surface area contributed by atoms with E-state index in [2.05, 4.69) is 0 Å². The van der Waals surface area contributed by atoms with Gasteiger partial charge in [-0.25, -0.2) is 4.79 Å². The molecular weight excluding hydrogens is 228 g/mol. The van der Waals surface area contributed by atoms with Crippen LogP contribution in [0, 0.1) is 5.41 Å². The van der Waals surface area contributed by atoms with E-state index in [0.29, 0.717) is 13.1 Å². The van der Waals surface area contributed by atoms with Crippen LogP contribution in [0.3, 0.4) is 0 Å². The molecule has 1 amide bonds. The first-order chi connectivity index (χ1) is 8.28. The molecule has 1 aliphatic carbocycles. The van der Waals surface area contributed by atoms with Crippen molar-refractivity contribution in [2.75, 3.05) is 20.1 Å². The SMILES string of the molecule is CN(CC1(CN)CCCCC1)C(=O)OC(C)(C)C. The van der Waals surface area contributed by atoms with Gasteiger partial charge in [0, 0.05) is 19.0 Å². The zero-order chi connectivity index (χ0) is 13.8. The third-order valence-corrected chi connectivity index (χ3v) is 3.62. The second kappa shape index (κ2) is 5.91. The number of nitrogens with two attached hydrogens (primary N) is 1. The number of nitrogens with zero attached hydrogens (tertiary/aromatic N) is 1. The lowest BCUT2D eigenvalue weighted by atomic mass is 9.74. The van der Waals surface area contributed by atoms with Crippen LogP contribution in [0.2, 0.25) is 0 Å². The van der Waals surface area contributed by atoms with E-state index in [1.54, 1.807) is 11.9 Å². The first-order valence-electron chi connectivity index (χ1n) is 6.92. The van der Waals surface area contributed by atoms with Crippen molar-refractivity contribution in [2.24, 2.45) is 11.1 Å². The Labute approximate surface area is 111 Å². The fourth-order valence-electron chi connectivity index (χ4n) is 2.64. The second-order valence-electron chi connectivity index (χ2n) is 6.60. The number of amides is 1. The van der Waals surface area contributed by atoms with Crippen LogP contribution in [-0.2, 0) is 4.74 Å². The van der Waals surface area contributed by atoms with Crippen molar-refractivity contribution >= 4 is 6.09 Å². The molecule has 1 rings (SSSR count). The quantitative estimate of drug-likeness (QED) is 0.844. The lowest BCUT2D eigenvalue weighted by molar-refractivity contribution is 0.0185. The largest absolute Gasteiger partial charge is 0.444 e. The van der Waals surface area contributed by atoms with Gasteiger partial charge in [0.05, 0.1) is 0 Å². The Morgan fingerprint density at radius 2 is 1.83 bits per heavy atom. The van der Waals surface area contributed by atoms with E-state index in [0.717, 1.165) is 12.8 Å². The minimum absolute atomic E-state index is 0.101. The summed E-state index contributed by atoms with van der Waals surface area (Å²) in [6.07, 6.45) is 5.73. The highest BCUT2D eigenvalue weighted by Crippen LogP contribution is 2.36. The summed E-state index contributed by atoms with van der Waals surface area (Å²) in [6.45, 7) is 7.02. The molecule has 0 aromatic rings. The maximum Gasteiger partial charge on any atom is 0.410 e. The lowest BCUT2D eigenvalue weighted by Crippen LogP contribution is -2.45. The smallest absolute Gasteiger partial charge is 0.410 e. The molecule has 0 radical (unpaired) electrons. The molecule has 0 aliphatic heterocycles. The average molecular weight is 256 g/mol. The molecule has 0 aromatic carbocycles. The highest BCUT2D eigenvalue weighted by atomic mass is 16.6. The summed E-state index contributed by atoms with van der Waals surface area (Å²) in [6, 6.07) is 0. The minimum Gasteiger partial charge on any atom is -0.444 e. The Morgan fingerprint density at radius 1 is 1.28 bits per heavy atom. The normalized spacial score (nSPS) is 19.4.